The molecule has 8 N–H and O–H groups in total. The minimum absolute atomic E-state index is 0.00515. The number of amides is 1. The number of amidine groups is 1. The Morgan fingerprint density at radius 2 is 1.76 bits per heavy atom. The van der Waals surface area contributed by atoms with E-state index in [1.165, 1.54) is 12.1 Å². The first kappa shape index (κ1) is 25.5. The summed E-state index contributed by atoms with van der Waals surface area (Å²) in [6.45, 7) is 0.331. The predicted molar refractivity (Wildman–Crippen MR) is 125 cm³/mol. The quantitative estimate of drug-likeness (QED) is 0.271. The van der Waals surface area contributed by atoms with Gasteiger partial charge in [-0.3, -0.25) is 4.79 Å². The molecule has 0 saturated heterocycles. The van der Waals surface area contributed by atoms with Crippen LogP contribution in [-0.4, -0.2) is 61.4 Å². The Kier molecular flexibility index (Phi) is 7.86. The van der Waals surface area contributed by atoms with E-state index in [-0.39, 0.29) is 61.3 Å². The van der Waals surface area contributed by atoms with Gasteiger partial charge in [0, 0.05) is 31.7 Å². The Balaban J connectivity index is 2.30. The van der Waals surface area contributed by atoms with Crippen molar-refractivity contribution in [3.05, 3.63) is 47.5 Å². The molecule has 1 aliphatic heterocycles. The molecule has 15 heteroatoms. The molecule has 2 aromatic rings. The number of nitrogens with zero attached hydrogens (tertiary/aromatic N) is 3. The Bertz CT molecular complexity index is 1370. The summed E-state index contributed by atoms with van der Waals surface area (Å²) in [5.41, 5.74) is 11.6. The molecule has 1 heterocycles. The van der Waals surface area contributed by atoms with Crippen molar-refractivity contribution in [2.45, 2.75) is 9.79 Å². The van der Waals surface area contributed by atoms with Gasteiger partial charge in [-0.05, 0) is 29.3 Å². The number of aliphatic imine (C=N–C) groups is 1. The molecule has 0 saturated carbocycles. The first-order chi connectivity index (χ1) is 16.1. The number of nitrogens with one attached hydrogen (secondary N) is 2. The summed E-state index contributed by atoms with van der Waals surface area (Å²) in [7, 11) is -8.92. The van der Waals surface area contributed by atoms with Gasteiger partial charge in [-0.2, -0.15) is 5.11 Å². The molecule has 0 atom stereocenters. The third-order valence-corrected chi connectivity index (χ3v) is 7.30. The zero-order chi connectivity index (χ0) is 24.9. The van der Waals surface area contributed by atoms with Gasteiger partial charge in [0.1, 0.15) is 9.79 Å². The second kappa shape index (κ2) is 10.5. The molecule has 0 radical (unpaired) electrons. The summed E-state index contributed by atoms with van der Waals surface area (Å²) in [5.74, 6) is -0.489. The Hall–Kier alpha value is -3.08. The van der Waals surface area contributed by atoms with Crippen LogP contribution in [0.2, 0.25) is 0 Å². The number of sulfonamides is 2. The maximum atomic E-state index is 12.9. The molecule has 0 aliphatic carbocycles. The first-order valence-electron chi connectivity index (χ1n) is 10.0. The summed E-state index contributed by atoms with van der Waals surface area (Å²) in [4.78, 5) is 15.2. The molecule has 182 valence electrons. The minimum Gasteiger partial charge on any atom is -0.351 e. The largest absolute Gasteiger partial charge is 0.351 e. The lowest BCUT2D eigenvalue weighted by molar-refractivity contribution is 0.0954. The molecule has 0 spiro atoms. The summed E-state index contributed by atoms with van der Waals surface area (Å²) < 4.78 is 53.3. The number of hydrogen-bond donors (Lipinski definition) is 5. The highest BCUT2D eigenvalue weighted by atomic mass is 32.2. The van der Waals surface area contributed by atoms with Gasteiger partial charge in [0.25, 0.3) is 5.91 Å². The van der Waals surface area contributed by atoms with Crippen molar-refractivity contribution in [3.63, 3.8) is 0 Å². The van der Waals surface area contributed by atoms with E-state index in [1.54, 1.807) is 18.2 Å². The molecule has 1 aliphatic rings. The van der Waals surface area contributed by atoms with Crippen LogP contribution < -0.4 is 26.6 Å². The van der Waals surface area contributed by atoms with E-state index in [1.807, 2.05) is 0 Å². The van der Waals surface area contributed by atoms with Gasteiger partial charge in [0.2, 0.25) is 20.0 Å². The van der Waals surface area contributed by atoms with E-state index in [0.29, 0.717) is 5.56 Å². The van der Waals surface area contributed by atoms with E-state index in [2.05, 4.69) is 25.3 Å². The second-order valence-corrected chi connectivity index (χ2v) is 10.3. The number of primary sulfonamides is 1. The Morgan fingerprint density at radius 1 is 1.03 bits per heavy atom. The van der Waals surface area contributed by atoms with Crippen molar-refractivity contribution in [2.75, 3.05) is 32.8 Å². The molecule has 13 nitrogen and oxygen atoms in total. The van der Waals surface area contributed by atoms with Gasteiger partial charge in [-0.15, -0.1) is 5.11 Å². The van der Waals surface area contributed by atoms with Crippen LogP contribution in [-0.2, 0) is 20.0 Å². The van der Waals surface area contributed by atoms with Crippen molar-refractivity contribution in [2.24, 2.45) is 31.8 Å². The Labute approximate surface area is 196 Å². The topological polar surface area (TPSA) is 225 Å². The normalized spacial score (nSPS) is 13.7. The van der Waals surface area contributed by atoms with Gasteiger partial charge in [-0.1, -0.05) is 18.2 Å². The molecular weight excluding hydrogens is 484 g/mol. The molecule has 34 heavy (non-hydrogen) atoms. The lowest BCUT2D eigenvalue weighted by atomic mass is 9.97. The van der Waals surface area contributed by atoms with Gasteiger partial charge in [-0.25, -0.2) is 31.7 Å². The fourth-order valence-electron chi connectivity index (χ4n) is 3.26. The average molecular weight is 509 g/mol. The van der Waals surface area contributed by atoms with Crippen molar-refractivity contribution >= 4 is 31.8 Å². The zero-order valence-electron chi connectivity index (χ0n) is 17.9. The van der Waals surface area contributed by atoms with Gasteiger partial charge >= 0.3 is 0 Å². The molecule has 0 unspecified atom stereocenters. The summed E-state index contributed by atoms with van der Waals surface area (Å²) in [6.07, 6.45) is 0. The monoisotopic (exact) mass is 508 g/mol. The molecule has 0 fully saturated rings. The number of hydrogen-bond acceptors (Lipinski definition) is 10. The van der Waals surface area contributed by atoms with Gasteiger partial charge in [0.05, 0.1) is 5.56 Å². The maximum Gasteiger partial charge on any atom is 0.251 e. The van der Waals surface area contributed by atoms with Gasteiger partial charge in [0.15, 0.2) is 12.5 Å². The van der Waals surface area contributed by atoms with Crippen LogP contribution >= 0.6 is 0 Å². The van der Waals surface area contributed by atoms with E-state index in [4.69, 9.17) is 16.6 Å². The van der Waals surface area contributed by atoms with E-state index < -0.39 is 29.8 Å². The van der Waals surface area contributed by atoms with Crippen molar-refractivity contribution in [3.8, 4) is 11.1 Å². The van der Waals surface area contributed by atoms with Crippen LogP contribution in [0.4, 0.5) is 0 Å². The van der Waals surface area contributed by atoms with E-state index in [9.17, 15) is 21.6 Å². The fourth-order valence-corrected chi connectivity index (χ4v) is 5.91. The number of azo groups is 1. The molecule has 0 aromatic heterocycles. The number of carbonyl (C=O) groups is 1. The van der Waals surface area contributed by atoms with Crippen LogP contribution in [0.25, 0.3) is 11.1 Å². The molecule has 1 amide bonds. The highest BCUT2D eigenvalue weighted by molar-refractivity contribution is 7.92. The Morgan fingerprint density at radius 3 is 2.38 bits per heavy atom. The molecule has 0 bridgehead atoms. The lowest BCUT2D eigenvalue weighted by Gasteiger charge is -2.17. The van der Waals surface area contributed by atoms with Crippen LogP contribution in [0.5, 0.6) is 0 Å². The van der Waals surface area contributed by atoms with Crippen molar-refractivity contribution in [1.29, 1.82) is 0 Å². The summed E-state index contributed by atoms with van der Waals surface area (Å²) >= 11 is 0. The SMILES string of the molecule is NCCNC(=O)c1cccc(-c2ccc(S(=O)(=O)NCCN)c(S(N)(=O)=O)c2C2=NCN=N2)c1. The van der Waals surface area contributed by atoms with Crippen LogP contribution in [0.3, 0.4) is 0 Å². The average Bonchev–Trinajstić information content (AvgIpc) is 3.34. The highest BCUT2D eigenvalue weighted by Gasteiger charge is 2.32. The van der Waals surface area contributed by atoms with Crippen molar-refractivity contribution < 1.29 is 21.6 Å². The zero-order valence-corrected chi connectivity index (χ0v) is 19.6. The summed E-state index contributed by atoms with van der Waals surface area (Å²) in [5, 5.41) is 15.8. The van der Waals surface area contributed by atoms with Crippen LogP contribution in [0, 0.1) is 0 Å². The highest BCUT2D eigenvalue weighted by Crippen LogP contribution is 2.35. The molecule has 3 rings (SSSR count). The number of nitrogens with two attached hydrogens (primary N) is 3. The predicted octanol–water partition coefficient (Wildman–Crippen LogP) is -0.904. The lowest BCUT2D eigenvalue weighted by Crippen LogP contribution is -2.31. The smallest absolute Gasteiger partial charge is 0.251 e. The summed E-state index contributed by atoms with van der Waals surface area (Å²) in [6, 6.07) is 8.82. The van der Waals surface area contributed by atoms with E-state index >= 15 is 0 Å². The van der Waals surface area contributed by atoms with Gasteiger partial charge < -0.3 is 16.8 Å². The molecular formula is C19H24N8O5S2. The second-order valence-electron chi connectivity index (χ2n) is 7.04. The van der Waals surface area contributed by atoms with Crippen LogP contribution in [0.1, 0.15) is 15.9 Å². The standard InChI is InChI=1S/C19H24N8O5S2/c20-6-8-23-19(28)13-3-1-2-12(10-13)14-4-5-15(34(31,32)26-9-7-21)17(33(22,29)30)16(14)18-24-11-25-27-18/h1-5,10,26H,6-9,11,20-21H2,(H,23,28)(H2,22,29,30). The van der Waals surface area contributed by atoms with E-state index in [0.717, 1.165) is 6.07 Å². The first-order valence-corrected chi connectivity index (χ1v) is 13.0. The fraction of sp³-hybridized carbons (Fsp3) is 0.263. The third kappa shape index (κ3) is 5.52. The van der Waals surface area contributed by atoms with Crippen molar-refractivity contribution in [1.82, 2.24) is 10.0 Å². The minimum atomic E-state index is -4.60. The number of rotatable bonds is 10. The number of benzene rings is 2. The third-order valence-electron chi connectivity index (χ3n) is 4.67. The molecule has 2 aromatic carbocycles. The van der Waals surface area contributed by atoms with Crippen LogP contribution in [0.15, 0.2) is 61.4 Å². The maximum absolute atomic E-state index is 12.9. The number of carbonyl (C=O) groups excluding carboxylic acids is 1.